The van der Waals surface area contributed by atoms with Gasteiger partial charge in [0.25, 0.3) is 0 Å². The molecule has 2 amide bonds. The second-order valence-corrected chi connectivity index (χ2v) is 12.1. The highest BCUT2D eigenvalue weighted by atomic mass is 19.1. The second-order valence-electron chi connectivity index (χ2n) is 12.1. The molecule has 40 heavy (non-hydrogen) atoms. The highest BCUT2D eigenvalue weighted by Gasteiger charge is 2.48. The topological polar surface area (TPSA) is 107 Å². The van der Waals surface area contributed by atoms with Crippen LogP contribution in [-0.4, -0.2) is 45.0 Å². The van der Waals surface area contributed by atoms with Crippen molar-refractivity contribution in [1.82, 2.24) is 20.1 Å². The molecule has 1 saturated heterocycles. The number of hydrogen-bond donors (Lipinski definition) is 2. The first-order valence-electron chi connectivity index (χ1n) is 16.7. The fourth-order valence-electron chi connectivity index (χ4n) is 5.67. The van der Waals surface area contributed by atoms with Gasteiger partial charge in [0, 0.05) is 30.3 Å². The third-order valence-electron chi connectivity index (χ3n) is 7.67. The summed E-state index contributed by atoms with van der Waals surface area (Å²) in [5.41, 5.74) is -1.05. The number of alkyl carbamates (subject to hydrolysis) is 1. The Hall–Kier alpha value is -3.01. The molecule has 3 heterocycles. The van der Waals surface area contributed by atoms with Crippen LogP contribution >= 0.6 is 0 Å². The van der Waals surface area contributed by atoms with E-state index in [0.29, 0.717) is 24.9 Å². The summed E-state index contributed by atoms with van der Waals surface area (Å²) in [6.45, 7) is 4.07. The van der Waals surface area contributed by atoms with Gasteiger partial charge >= 0.3 is 6.09 Å². The van der Waals surface area contributed by atoms with E-state index in [0.717, 1.165) is 38.5 Å². The molecule has 1 unspecified atom stereocenters. The van der Waals surface area contributed by atoms with Crippen LogP contribution in [-0.2, 0) is 20.6 Å². The number of halogens is 1. The van der Waals surface area contributed by atoms with Crippen LogP contribution in [0.15, 0.2) is 12.1 Å². The first-order valence-corrected chi connectivity index (χ1v) is 14.2. The van der Waals surface area contributed by atoms with Crippen LogP contribution in [0.3, 0.4) is 0 Å². The number of carbonyl (C=O) groups is 2. The predicted octanol–water partition coefficient (Wildman–Crippen LogP) is 5.92. The zero-order valence-corrected chi connectivity index (χ0v) is 23.6. The van der Waals surface area contributed by atoms with Crippen molar-refractivity contribution < 1.29 is 30.3 Å². The van der Waals surface area contributed by atoms with Crippen LogP contribution in [0.4, 0.5) is 15.0 Å². The van der Waals surface area contributed by atoms with Gasteiger partial charge in [-0.25, -0.2) is 14.5 Å². The van der Waals surface area contributed by atoms with Crippen molar-refractivity contribution in [3.8, 4) is 11.1 Å². The lowest BCUT2D eigenvalue weighted by atomic mass is 9.89. The van der Waals surface area contributed by atoms with E-state index in [4.69, 9.17) is 16.3 Å². The average Bonchev–Trinajstić information content (AvgIpc) is 3.87. The molecule has 5 rings (SSSR count). The van der Waals surface area contributed by atoms with Crippen molar-refractivity contribution in [3.63, 3.8) is 0 Å². The van der Waals surface area contributed by atoms with E-state index in [1.807, 2.05) is 0 Å². The van der Waals surface area contributed by atoms with Crippen molar-refractivity contribution in [2.75, 3.05) is 11.9 Å². The summed E-state index contributed by atoms with van der Waals surface area (Å²) in [5, 5.41) is 9.83. The van der Waals surface area contributed by atoms with Gasteiger partial charge < -0.3 is 20.1 Å². The molecule has 9 nitrogen and oxygen atoms in total. The van der Waals surface area contributed by atoms with Gasteiger partial charge in [-0.3, -0.25) is 4.79 Å². The monoisotopic (exact) mass is 560 g/mol. The number of nitrogens with one attached hydrogen (secondary N) is 2. The van der Waals surface area contributed by atoms with E-state index >= 15 is 4.39 Å². The normalized spacial score (nSPS) is 22.9. The highest BCUT2D eigenvalue weighted by molar-refractivity contribution is 5.96. The minimum atomic E-state index is -3.09. The van der Waals surface area contributed by atoms with Crippen LogP contribution in [0.5, 0.6) is 0 Å². The summed E-state index contributed by atoms with van der Waals surface area (Å²) < 4.78 is 69.3. The minimum Gasteiger partial charge on any atom is -0.444 e. The van der Waals surface area contributed by atoms with Crippen LogP contribution in [0.25, 0.3) is 11.1 Å². The maximum absolute atomic E-state index is 15.8. The Morgan fingerprint density at radius 3 is 2.52 bits per heavy atom. The largest absolute Gasteiger partial charge is 0.444 e. The van der Waals surface area contributed by atoms with Crippen molar-refractivity contribution in [1.29, 1.82) is 0 Å². The molecule has 2 saturated carbocycles. The molecule has 0 radical (unpaired) electrons. The standard InChI is InChI=1S/C30H42FN5O4/c1-6-21-24(17(2)35-36(21)23-9-7-8-16-39-23)20-14-15-22(32-27(20)31)33-28(37)26(34-29(38)40-30(3,4)5)25(18-10-11-18)19-12-13-19/h14-15,18-19,23,25-26H,6-13,16H2,1-5H3,(H,34,38)(H,32,33,37)/t23?,26-/m0/s1/i1D3,6D2. The molecule has 0 bridgehead atoms. The Bertz CT molecular complexity index is 1420. The molecular weight excluding hydrogens is 513 g/mol. The minimum absolute atomic E-state index is 0.0276. The lowest BCUT2D eigenvalue weighted by Gasteiger charge is -2.29. The van der Waals surface area contributed by atoms with E-state index in [1.54, 1.807) is 27.7 Å². The van der Waals surface area contributed by atoms with Crippen molar-refractivity contribution in [2.45, 2.75) is 104 Å². The number of aromatic nitrogens is 3. The summed E-state index contributed by atoms with van der Waals surface area (Å²) in [4.78, 5) is 30.3. The lowest BCUT2D eigenvalue weighted by molar-refractivity contribution is -0.120. The molecule has 3 fully saturated rings. The quantitative estimate of drug-likeness (QED) is 0.369. The van der Waals surface area contributed by atoms with Crippen molar-refractivity contribution in [3.05, 3.63) is 29.5 Å². The Kier molecular flexibility index (Phi) is 6.49. The van der Waals surface area contributed by atoms with Gasteiger partial charge in [-0.1, -0.05) is 6.85 Å². The Morgan fingerprint density at radius 1 is 1.23 bits per heavy atom. The second kappa shape index (κ2) is 11.5. The zero-order valence-electron chi connectivity index (χ0n) is 28.6. The van der Waals surface area contributed by atoms with Crippen LogP contribution in [0, 0.1) is 30.6 Å². The zero-order chi connectivity index (χ0) is 32.9. The highest BCUT2D eigenvalue weighted by Crippen LogP contribution is 2.51. The molecule has 3 aliphatic rings. The SMILES string of the molecule is [2H]C([2H])([2H])C([2H])([2H])c1c(-c2ccc(NC(=O)[C@@H](NC(=O)OC(C)(C)C)C(C3CC3)C3CC3)nc2F)c(C)nn1C1CCCCO1. The number of pyridine rings is 1. The number of carbonyl (C=O) groups excluding carboxylic acids is 2. The number of amides is 2. The first kappa shape index (κ1) is 22.7. The molecule has 2 N–H and O–H groups in total. The summed E-state index contributed by atoms with van der Waals surface area (Å²) in [6, 6.07) is 1.79. The lowest BCUT2D eigenvalue weighted by Crippen LogP contribution is -2.51. The van der Waals surface area contributed by atoms with Gasteiger partial charge in [-0.15, -0.1) is 0 Å². The molecule has 218 valence electrons. The van der Waals surface area contributed by atoms with Gasteiger partial charge in [0.15, 0.2) is 0 Å². The number of anilines is 1. The molecule has 2 aromatic rings. The molecule has 2 atom stereocenters. The van der Waals surface area contributed by atoms with Gasteiger partial charge in [-0.05, 0) is 109 Å². The van der Waals surface area contributed by atoms with Crippen LogP contribution < -0.4 is 10.6 Å². The van der Waals surface area contributed by atoms with Gasteiger partial charge in [0.1, 0.15) is 23.7 Å². The smallest absolute Gasteiger partial charge is 0.408 e. The first-order chi connectivity index (χ1) is 21.0. The van der Waals surface area contributed by atoms with Gasteiger partial charge in [0.2, 0.25) is 11.9 Å². The Labute approximate surface area is 242 Å². The fraction of sp³-hybridized carbons (Fsp3) is 0.667. The molecule has 2 aromatic heterocycles. The van der Waals surface area contributed by atoms with Crippen molar-refractivity contribution >= 4 is 17.8 Å². The fourth-order valence-corrected chi connectivity index (χ4v) is 5.67. The van der Waals surface area contributed by atoms with Gasteiger partial charge in [0.05, 0.1) is 5.69 Å². The van der Waals surface area contributed by atoms with E-state index < -0.39 is 49.0 Å². The van der Waals surface area contributed by atoms with Crippen LogP contribution in [0.2, 0.25) is 0 Å². The van der Waals surface area contributed by atoms with E-state index in [-0.39, 0.29) is 34.3 Å². The number of nitrogens with zero attached hydrogens (tertiary/aromatic N) is 3. The molecule has 10 heteroatoms. The van der Waals surface area contributed by atoms with Crippen molar-refractivity contribution in [2.24, 2.45) is 17.8 Å². The Balaban J connectivity index is 1.46. The maximum atomic E-state index is 15.8. The maximum Gasteiger partial charge on any atom is 0.408 e. The van der Waals surface area contributed by atoms with E-state index in [2.05, 4.69) is 20.7 Å². The van der Waals surface area contributed by atoms with E-state index in [1.165, 1.54) is 16.8 Å². The molecule has 0 aromatic carbocycles. The predicted molar refractivity (Wildman–Crippen MR) is 149 cm³/mol. The number of rotatable bonds is 9. The summed E-state index contributed by atoms with van der Waals surface area (Å²) in [5.74, 6) is -1.17. The Morgan fingerprint density at radius 2 is 1.95 bits per heavy atom. The third kappa shape index (κ3) is 6.48. The molecular formula is C30H42FN5O4. The number of hydrogen-bond acceptors (Lipinski definition) is 6. The number of aryl methyl sites for hydroxylation is 1. The van der Waals surface area contributed by atoms with E-state index in [9.17, 15) is 9.59 Å². The summed E-state index contributed by atoms with van der Waals surface area (Å²) in [7, 11) is 0. The summed E-state index contributed by atoms with van der Waals surface area (Å²) in [6.07, 6.45) is 1.64. The molecule has 2 aliphatic carbocycles. The average molecular weight is 561 g/mol. The molecule has 1 aliphatic heterocycles. The van der Waals surface area contributed by atoms with Crippen LogP contribution in [0.1, 0.15) is 97.0 Å². The molecule has 0 spiro atoms. The van der Waals surface area contributed by atoms with Gasteiger partial charge in [-0.2, -0.15) is 9.49 Å². The number of ether oxygens (including phenoxy) is 2. The third-order valence-corrected chi connectivity index (χ3v) is 7.67. The summed E-state index contributed by atoms with van der Waals surface area (Å²) >= 11 is 0.